The lowest BCUT2D eigenvalue weighted by atomic mass is 9.61. The Morgan fingerprint density at radius 2 is 1.29 bits per heavy atom. The summed E-state index contributed by atoms with van der Waals surface area (Å²) in [4.78, 5) is 7.50. The van der Waals surface area contributed by atoms with Gasteiger partial charge in [-0.25, -0.2) is 0 Å². The SMILES string of the molecule is CC1=Nc2ccccc2C1=C(c1ccccc1)c1ccc(N(C)C2(C3(N)CCCCC3)CCCCC2)cc1. The quantitative estimate of drug-likeness (QED) is 0.379. The number of fused-ring (bicyclic) bond motifs is 1. The van der Waals surface area contributed by atoms with E-state index in [-0.39, 0.29) is 11.1 Å². The van der Waals surface area contributed by atoms with Crippen LogP contribution < -0.4 is 10.6 Å². The molecule has 1 heterocycles. The van der Waals surface area contributed by atoms with Gasteiger partial charge in [-0.3, -0.25) is 4.99 Å². The maximum absolute atomic E-state index is 7.34. The van der Waals surface area contributed by atoms with Crippen LogP contribution in [0.2, 0.25) is 0 Å². The highest BCUT2D eigenvalue weighted by Crippen LogP contribution is 2.48. The van der Waals surface area contributed by atoms with Gasteiger partial charge in [0.05, 0.1) is 11.2 Å². The first-order valence-corrected chi connectivity index (χ1v) is 14.6. The van der Waals surface area contributed by atoms with Gasteiger partial charge in [0.1, 0.15) is 0 Å². The summed E-state index contributed by atoms with van der Waals surface area (Å²) in [6, 6.07) is 28.6. The van der Waals surface area contributed by atoms with Gasteiger partial charge in [-0.1, -0.05) is 99.2 Å². The molecule has 3 aromatic rings. The summed E-state index contributed by atoms with van der Waals surface area (Å²) in [6.45, 7) is 2.14. The Morgan fingerprint density at radius 3 is 1.97 bits per heavy atom. The molecule has 0 radical (unpaired) electrons. The number of anilines is 1. The molecule has 1 aliphatic heterocycles. The smallest absolute Gasteiger partial charge is 0.0712 e. The van der Waals surface area contributed by atoms with Crippen LogP contribution in [0, 0.1) is 0 Å². The molecule has 38 heavy (non-hydrogen) atoms. The zero-order chi connectivity index (χ0) is 26.2. The average Bonchev–Trinajstić information content (AvgIpc) is 3.30. The Morgan fingerprint density at radius 1 is 0.711 bits per heavy atom. The highest BCUT2D eigenvalue weighted by molar-refractivity contribution is 6.35. The topological polar surface area (TPSA) is 41.6 Å². The van der Waals surface area contributed by atoms with E-state index in [4.69, 9.17) is 10.7 Å². The number of nitrogens with zero attached hydrogens (tertiary/aromatic N) is 2. The second-order valence-electron chi connectivity index (χ2n) is 11.7. The summed E-state index contributed by atoms with van der Waals surface area (Å²) in [6.07, 6.45) is 12.5. The Bertz CT molecular complexity index is 1340. The van der Waals surface area contributed by atoms with E-state index in [2.05, 4.69) is 97.7 Å². The summed E-state index contributed by atoms with van der Waals surface area (Å²) < 4.78 is 0. The molecule has 3 heteroatoms. The molecule has 2 N–H and O–H groups in total. The van der Waals surface area contributed by atoms with Gasteiger partial charge in [-0.15, -0.1) is 0 Å². The van der Waals surface area contributed by atoms with Crippen molar-refractivity contribution in [2.45, 2.75) is 82.2 Å². The number of para-hydroxylation sites is 1. The number of hydrogen-bond acceptors (Lipinski definition) is 3. The van der Waals surface area contributed by atoms with Gasteiger partial charge in [-0.05, 0) is 67.5 Å². The molecule has 6 rings (SSSR count). The summed E-state index contributed by atoms with van der Waals surface area (Å²) in [5.41, 5.74) is 16.9. The third-order valence-electron chi connectivity index (χ3n) is 9.67. The molecule has 0 saturated heterocycles. The third kappa shape index (κ3) is 4.22. The Balaban J connectivity index is 1.42. The van der Waals surface area contributed by atoms with Crippen molar-refractivity contribution in [1.82, 2.24) is 0 Å². The lowest BCUT2D eigenvalue weighted by Gasteiger charge is -2.58. The Labute approximate surface area is 228 Å². The molecule has 2 saturated carbocycles. The number of rotatable bonds is 5. The van der Waals surface area contributed by atoms with Gasteiger partial charge in [0.2, 0.25) is 0 Å². The van der Waals surface area contributed by atoms with E-state index in [1.165, 1.54) is 84.9 Å². The Kier molecular flexibility index (Phi) is 6.74. The summed E-state index contributed by atoms with van der Waals surface area (Å²) in [5.74, 6) is 0. The van der Waals surface area contributed by atoms with Gasteiger partial charge < -0.3 is 10.6 Å². The van der Waals surface area contributed by atoms with Crippen LogP contribution in [0.5, 0.6) is 0 Å². The fourth-order valence-corrected chi connectivity index (χ4v) is 7.64. The molecular formula is C35H41N3. The molecule has 196 valence electrons. The maximum atomic E-state index is 7.34. The summed E-state index contributed by atoms with van der Waals surface area (Å²) in [7, 11) is 2.31. The summed E-state index contributed by atoms with van der Waals surface area (Å²) >= 11 is 0. The second-order valence-corrected chi connectivity index (χ2v) is 11.7. The first-order valence-electron chi connectivity index (χ1n) is 14.6. The minimum atomic E-state index is -0.0998. The van der Waals surface area contributed by atoms with E-state index in [0.29, 0.717) is 0 Å². The molecule has 3 nitrogen and oxygen atoms in total. The lowest BCUT2D eigenvalue weighted by Crippen LogP contribution is -2.69. The fraction of sp³-hybridized carbons (Fsp3) is 0.400. The molecule has 2 aliphatic carbocycles. The molecule has 0 atom stereocenters. The van der Waals surface area contributed by atoms with Gasteiger partial charge in [0, 0.05) is 35.1 Å². The van der Waals surface area contributed by atoms with E-state index in [1.807, 2.05) is 0 Å². The van der Waals surface area contributed by atoms with Crippen molar-refractivity contribution in [3.63, 3.8) is 0 Å². The van der Waals surface area contributed by atoms with Crippen LogP contribution in [0.1, 0.15) is 87.8 Å². The zero-order valence-corrected chi connectivity index (χ0v) is 23.0. The summed E-state index contributed by atoms with van der Waals surface area (Å²) in [5, 5.41) is 0. The number of benzene rings is 3. The number of nitrogens with two attached hydrogens (primary N) is 1. The third-order valence-corrected chi connectivity index (χ3v) is 9.67. The van der Waals surface area contributed by atoms with Crippen molar-refractivity contribution < 1.29 is 0 Å². The molecule has 0 bridgehead atoms. The predicted octanol–water partition coefficient (Wildman–Crippen LogP) is 8.55. The highest BCUT2D eigenvalue weighted by atomic mass is 15.2. The first kappa shape index (κ1) is 25.1. The van der Waals surface area contributed by atoms with Gasteiger partial charge in [0.15, 0.2) is 0 Å². The minimum absolute atomic E-state index is 0.0432. The number of aliphatic imine (C=N–C) groups is 1. The van der Waals surface area contributed by atoms with Crippen LogP contribution in [-0.2, 0) is 0 Å². The van der Waals surface area contributed by atoms with Crippen molar-refractivity contribution >= 4 is 28.2 Å². The zero-order valence-electron chi connectivity index (χ0n) is 23.0. The number of hydrogen-bond donors (Lipinski definition) is 1. The molecule has 0 aromatic heterocycles. The van der Waals surface area contributed by atoms with Crippen molar-refractivity contribution in [3.8, 4) is 0 Å². The monoisotopic (exact) mass is 503 g/mol. The van der Waals surface area contributed by atoms with Gasteiger partial charge in [0.25, 0.3) is 0 Å². The number of likely N-dealkylation sites (N-methyl/N-ethyl adjacent to an activating group) is 1. The minimum Gasteiger partial charge on any atom is -0.367 e. The molecule has 3 aromatic carbocycles. The van der Waals surface area contributed by atoms with Crippen molar-refractivity contribution in [3.05, 3.63) is 95.6 Å². The first-order chi connectivity index (χ1) is 18.5. The molecule has 3 aliphatic rings. The molecule has 2 fully saturated rings. The molecule has 0 unspecified atom stereocenters. The van der Waals surface area contributed by atoms with E-state index in [0.717, 1.165) is 24.2 Å². The maximum Gasteiger partial charge on any atom is 0.0712 e. The number of allylic oxidation sites excluding steroid dienone is 1. The van der Waals surface area contributed by atoms with E-state index >= 15 is 0 Å². The standard InChI is InChI=1S/C35H41N3/c1-26-32(30-16-8-9-17-31(30)37-26)33(27-14-6-3-7-15-27)28-18-20-29(21-19-28)38(2)35(24-12-5-13-25-35)34(36)22-10-4-11-23-34/h3,6-9,14-21H,4-5,10-13,22-25,36H2,1-2H3. The van der Waals surface area contributed by atoms with Crippen LogP contribution in [-0.4, -0.2) is 23.8 Å². The normalized spacial score (nSPS) is 21.4. The largest absolute Gasteiger partial charge is 0.367 e. The molecule has 0 spiro atoms. The van der Waals surface area contributed by atoms with E-state index in [1.54, 1.807) is 0 Å². The molecule has 0 amide bonds. The second kappa shape index (κ2) is 10.2. The van der Waals surface area contributed by atoms with Gasteiger partial charge in [-0.2, -0.15) is 0 Å². The lowest BCUT2D eigenvalue weighted by molar-refractivity contribution is 0.112. The van der Waals surface area contributed by atoms with Crippen LogP contribution >= 0.6 is 0 Å². The van der Waals surface area contributed by atoms with E-state index < -0.39 is 0 Å². The van der Waals surface area contributed by atoms with Gasteiger partial charge >= 0.3 is 0 Å². The van der Waals surface area contributed by atoms with Crippen molar-refractivity contribution in [2.75, 3.05) is 11.9 Å². The Hall–Kier alpha value is -3.17. The van der Waals surface area contributed by atoms with E-state index in [9.17, 15) is 0 Å². The van der Waals surface area contributed by atoms with Crippen LogP contribution in [0.15, 0.2) is 83.9 Å². The van der Waals surface area contributed by atoms with Crippen molar-refractivity contribution in [2.24, 2.45) is 10.7 Å². The average molecular weight is 504 g/mol. The van der Waals surface area contributed by atoms with Crippen molar-refractivity contribution in [1.29, 1.82) is 0 Å². The molecular weight excluding hydrogens is 462 g/mol. The highest BCUT2D eigenvalue weighted by Gasteiger charge is 2.51. The van der Waals surface area contributed by atoms with Crippen LogP contribution in [0.3, 0.4) is 0 Å². The predicted molar refractivity (Wildman–Crippen MR) is 162 cm³/mol. The van der Waals surface area contributed by atoms with Crippen LogP contribution in [0.4, 0.5) is 11.4 Å². The fourth-order valence-electron chi connectivity index (χ4n) is 7.64. The van der Waals surface area contributed by atoms with Crippen LogP contribution in [0.25, 0.3) is 11.1 Å².